The number of halogens is 2. The number of benzene rings is 1. The van der Waals surface area contributed by atoms with Crippen LogP contribution in [-0.2, 0) is 0 Å². The first-order valence-corrected chi connectivity index (χ1v) is 8.62. The highest BCUT2D eigenvalue weighted by Gasteiger charge is 2.43. The molecule has 1 saturated carbocycles. The van der Waals surface area contributed by atoms with E-state index < -0.39 is 0 Å². The van der Waals surface area contributed by atoms with E-state index in [0.717, 1.165) is 13.0 Å². The summed E-state index contributed by atoms with van der Waals surface area (Å²) in [7, 11) is 4.40. The molecule has 1 N–H and O–H groups in total. The molecule has 0 spiro atoms. The van der Waals surface area contributed by atoms with Gasteiger partial charge in [-0.1, -0.05) is 49.0 Å². The second-order valence-electron chi connectivity index (χ2n) is 6.27. The highest BCUT2D eigenvalue weighted by Crippen LogP contribution is 2.44. The van der Waals surface area contributed by atoms with E-state index in [0.29, 0.717) is 16.1 Å². The number of hydrogen-bond acceptors (Lipinski definition) is 2. The fourth-order valence-electron chi connectivity index (χ4n) is 3.58. The second-order valence-corrected chi connectivity index (χ2v) is 7.08. The van der Waals surface area contributed by atoms with Gasteiger partial charge in [0.15, 0.2) is 0 Å². The van der Waals surface area contributed by atoms with Crippen molar-refractivity contribution in [2.45, 2.75) is 50.6 Å². The van der Waals surface area contributed by atoms with Crippen LogP contribution < -0.4 is 5.32 Å². The van der Waals surface area contributed by atoms with Crippen LogP contribution in [0, 0.1) is 0 Å². The number of nitrogens with one attached hydrogen (secondary N) is 1. The van der Waals surface area contributed by atoms with Crippen LogP contribution in [-0.4, -0.2) is 31.1 Å². The SMILES string of the molecule is CCCNC(c1ccc(Cl)c(Cl)c1)C1(N(C)C)CCCC1. The molecule has 1 aromatic carbocycles. The number of likely N-dealkylation sites (N-methyl/N-ethyl adjacent to an activating group) is 1. The molecule has 2 rings (SSSR count). The van der Waals surface area contributed by atoms with E-state index in [1.807, 2.05) is 12.1 Å². The second kappa shape index (κ2) is 7.32. The van der Waals surface area contributed by atoms with Crippen LogP contribution in [0.5, 0.6) is 0 Å². The average Bonchev–Trinajstić information content (AvgIpc) is 2.94. The molecular formula is C17H26Cl2N2. The normalized spacial score (nSPS) is 19.1. The van der Waals surface area contributed by atoms with E-state index in [-0.39, 0.29) is 5.54 Å². The minimum absolute atomic E-state index is 0.173. The summed E-state index contributed by atoms with van der Waals surface area (Å²) in [6.07, 6.45) is 6.16. The summed E-state index contributed by atoms with van der Waals surface area (Å²) in [5.74, 6) is 0. The molecule has 0 amide bonds. The van der Waals surface area contributed by atoms with Crippen LogP contribution in [0.25, 0.3) is 0 Å². The molecule has 4 heteroatoms. The Kier molecular flexibility index (Phi) is 5.96. The van der Waals surface area contributed by atoms with Gasteiger partial charge in [-0.15, -0.1) is 0 Å². The molecule has 1 aromatic rings. The summed E-state index contributed by atoms with van der Waals surface area (Å²) in [5, 5.41) is 5.02. The lowest BCUT2D eigenvalue weighted by Gasteiger charge is -2.44. The fraction of sp³-hybridized carbons (Fsp3) is 0.647. The number of rotatable bonds is 6. The number of hydrogen-bond donors (Lipinski definition) is 1. The van der Waals surface area contributed by atoms with E-state index >= 15 is 0 Å². The van der Waals surface area contributed by atoms with Gasteiger partial charge >= 0.3 is 0 Å². The summed E-state index contributed by atoms with van der Waals surface area (Å²) >= 11 is 12.3. The molecule has 118 valence electrons. The van der Waals surface area contributed by atoms with Crippen molar-refractivity contribution >= 4 is 23.2 Å². The summed E-state index contributed by atoms with van der Waals surface area (Å²) in [6.45, 7) is 3.22. The summed E-state index contributed by atoms with van der Waals surface area (Å²) < 4.78 is 0. The van der Waals surface area contributed by atoms with E-state index in [1.54, 1.807) is 0 Å². The zero-order valence-electron chi connectivity index (χ0n) is 13.3. The minimum atomic E-state index is 0.173. The van der Waals surface area contributed by atoms with Gasteiger partial charge in [0.05, 0.1) is 16.1 Å². The van der Waals surface area contributed by atoms with Gasteiger partial charge in [0.1, 0.15) is 0 Å². The Hall–Kier alpha value is -0.280. The first-order valence-electron chi connectivity index (χ1n) is 7.87. The van der Waals surface area contributed by atoms with Gasteiger partial charge in [-0.05, 0) is 57.6 Å². The van der Waals surface area contributed by atoms with Gasteiger partial charge in [0.2, 0.25) is 0 Å². The lowest BCUT2D eigenvalue weighted by Crippen LogP contribution is -2.52. The number of nitrogens with zero attached hydrogens (tertiary/aromatic N) is 1. The fourth-order valence-corrected chi connectivity index (χ4v) is 3.89. The zero-order chi connectivity index (χ0) is 15.5. The lowest BCUT2D eigenvalue weighted by molar-refractivity contribution is 0.104. The van der Waals surface area contributed by atoms with Gasteiger partial charge in [0, 0.05) is 5.54 Å². The first kappa shape index (κ1) is 17.1. The van der Waals surface area contributed by atoms with Gasteiger partial charge in [-0.25, -0.2) is 0 Å². The third kappa shape index (κ3) is 3.56. The van der Waals surface area contributed by atoms with Crippen molar-refractivity contribution in [1.29, 1.82) is 0 Å². The maximum atomic E-state index is 6.25. The van der Waals surface area contributed by atoms with E-state index in [9.17, 15) is 0 Å². The van der Waals surface area contributed by atoms with Crippen molar-refractivity contribution in [1.82, 2.24) is 10.2 Å². The molecule has 1 fully saturated rings. The molecule has 1 aliphatic carbocycles. The van der Waals surface area contributed by atoms with Crippen LogP contribution >= 0.6 is 23.2 Å². The summed E-state index contributed by atoms with van der Waals surface area (Å²) in [6, 6.07) is 6.36. The third-order valence-electron chi connectivity index (χ3n) is 4.77. The quantitative estimate of drug-likeness (QED) is 0.798. The van der Waals surface area contributed by atoms with Crippen LogP contribution in [0.15, 0.2) is 18.2 Å². The van der Waals surface area contributed by atoms with Crippen molar-refractivity contribution < 1.29 is 0 Å². The molecule has 0 heterocycles. The molecule has 21 heavy (non-hydrogen) atoms. The molecule has 0 saturated heterocycles. The largest absolute Gasteiger partial charge is 0.308 e. The minimum Gasteiger partial charge on any atom is -0.308 e. The molecule has 0 radical (unpaired) electrons. The Morgan fingerprint density at radius 3 is 2.38 bits per heavy atom. The van der Waals surface area contributed by atoms with Crippen LogP contribution in [0.4, 0.5) is 0 Å². The molecule has 2 nitrogen and oxygen atoms in total. The molecule has 0 aromatic heterocycles. The Labute approximate surface area is 138 Å². The van der Waals surface area contributed by atoms with Crippen molar-refractivity contribution in [2.75, 3.05) is 20.6 Å². The monoisotopic (exact) mass is 328 g/mol. The Bertz CT molecular complexity index is 468. The standard InChI is InChI=1S/C17H26Cl2N2/c1-4-11-20-16(13-7-8-14(18)15(19)12-13)17(21(2)3)9-5-6-10-17/h7-8,12,16,20H,4-6,9-11H2,1-3H3. The van der Waals surface area contributed by atoms with Gasteiger partial charge in [-0.2, -0.15) is 0 Å². The first-order chi connectivity index (χ1) is 10.0. The molecule has 1 aliphatic rings. The van der Waals surface area contributed by atoms with Crippen LogP contribution in [0.3, 0.4) is 0 Å². The van der Waals surface area contributed by atoms with Gasteiger partial charge < -0.3 is 10.2 Å². The zero-order valence-corrected chi connectivity index (χ0v) is 14.8. The highest BCUT2D eigenvalue weighted by atomic mass is 35.5. The van der Waals surface area contributed by atoms with Crippen molar-refractivity contribution in [3.05, 3.63) is 33.8 Å². The Balaban J connectivity index is 2.38. The molecule has 1 unspecified atom stereocenters. The summed E-state index contributed by atoms with van der Waals surface area (Å²) in [4.78, 5) is 2.40. The Morgan fingerprint density at radius 2 is 1.86 bits per heavy atom. The molecule has 1 atom stereocenters. The molecular weight excluding hydrogens is 303 g/mol. The average molecular weight is 329 g/mol. The maximum Gasteiger partial charge on any atom is 0.0595 e. The predicted molar refractivity (Wildman–Crippen MR) is 92.4 cm³/mol. The lowest BCUT2D eigenvalue weighted by atomic mass is 9.82. The van der Waals surface area contributed by atoms with E-state index in [4.69, 9.17) is 23.2 Å². The van der Waals surface area contributed by atoms with Crippen LogP contribution in [0.1, 0.15) is 50.6 Å². The van der Waals surface area contributed by atoms with E-state index in [1.165, 1.54) is 31.2 Å². The summed E-state index contributed by atoms with van der Waals surface area (Å²) in [5.41, 5.74) is 1.42. The predicted octanol–water partition coefficient (Wildman–Crippen LogP) is 4.91. The third-order valence-corrected chi connectivity index (χ3v) is 5.51. The maximum absolute atomic E-state index is 6.25. The molecule has 0 aliphatic heterocycles. The van der Waals surface area contributed by atoms with Gasteiger partial charge in [0.25, 0.3) is 0 Å². The van der Waals surface area contributed by atoms with Crippen molar-refractivity contribution in [2.24, 2.45) is 0 Å². The Morgan fingerprint density at radius 1 is 1.19 bits per heavy atom. The smallest absolute Gasteiger partial charge is 0.0595 e. The topological polar surface area (TPSA) is 15.3 Å². The van der Waals surface area contributed by atoms with Crippen molar-refractivity contribution in [3.63, 3.8) is 0 Å². The van der Waals surface area contributed by atoms with Crippen LogP contribution in [0.2, 0.25) is 10.0 Å². The van der Waals surface area contributed by atoms with Crippen molar-refractivity contribution in [3.8, 4) is 0 Å². The van der Waals surface area contributed by atoms with Gasteiger partial charge in [-0.3, -0.25) is 0 Å². The highest BCUT2D eigenvalue weighted by molar-refractivity contribution is 6.42. The molecule has 0 bridgehead atoms. The van der Waals surface area contributed by atoms with E-state index in [2.05, 4.69) is 37.3 Å².